The lowest BCUT2D eigenvalue weighted by Crippen LogP contribution is -2.38. The van der Waals surface area contributed by atoms with Crippen molar-refractivity contribution in [2.24, 2.45) is 5.73 Å². The number of anilines is 1. The highest BCUT2D eigenvalue weighted by Gasteiger charge is 2.17. The van der Waals surface area contributed by atoms with E-state index in [2.05, 4.69) is 10.4 Å². The Morgan fingerprint density at radius 3 is 2.61 bits per heavy atom. The van der Waals surface area contributed by atoms with Gasteiger partial charge in [-0.25, -0.2) is 4.68 Å². The fourth-order valence-electron chi connectivity index (χ4n) is 2.20. The average molecular weight is 339 g/mol. The Morgan fingerprint density at radius 2 is 2.04 bits per heavy atom. The van der Waals surface area contributed by atoms with Gasteiger partial charge in [0.15, 0.2) is 0 Å². The van der Waals surface area contributed by atoms with Crippen molar-refractivity contribution in [3.8, 4) is 5.75 Å². The first-order valence-electron chi connectivity index (χ1n) is 7.27. The first-order valence-corrected chi connectivity index (χ1v) is 7.27. The second-order valence-corrected chi connectivity index (χ2v) is 5.14. The van der Waals surface area contributed by atoms with Gasteiger partial charge >= 0.3 is 0 Å². The van der Waals surface area contributed by atoms with Crippen molar-refractivity contribution in [2.75, 3.05) is 12.4 Å². The zero-order chi connectivity index (χ0) is 16.1. The summed E-state index contributed by atoms with van der Waals surface area (Å²) in [6, 6.07) is 6.92. The summed E-state index contributed by atoms with van der Waals surface area (Å²) in [5.74, 6) is 1.27. The molecule has 2 rings (SSSR count). The van der Waals surface area contributed by atoms with Gasteiger partial charge in [0, 0.05) is 12.1 Å². The highest BCUT2D eigenvalue weighted by molar-refractivity contribution is 5.94. The molecular weight excluding hydrogens is 316 g/mol. The monoisotopic (exact) mass is 338 g/mol. The minimum Gasteiger partial charge on any atom is -0.497 e. The third-order valence-electron chi connectivity index (χ3n) is 3.51. The Hall–Kier alpha value is -2.05. The molecule has 0 saturated carbocycles. The van der Waals surface area contributed by atoms with Crippen molar-refractivity contribution in [3.63, 3.8) is 0 Å². The smallest absolute Gasteiger partial charge is 0.242 e. The van der Waals surface area contributed by atoms with Crippen molar-refractivity contribution in [1.82, 2.24) is 9.78 Å². The first-order chi connectivity index (χ1) is 10.5. The molecular formula is C16H23ClN4O2. The molecule has 0 bridgehead atoms. The number of carbonyl (C=O) groups excluding carboxylic acids is 1. The molecule has 0 radical (unpaired) electrons. The minimum absolute atomic E-state index is 0. The van der Waals surface area contributed by atoms with Crippen molar-refractivity contribution in [2.45, 2.75) is 32.9 Å². The van der Waals surface area contributed by atoms with Crippen LogP contribution in [0.5, 0.6) is 5.75 Å². The quantitative estimate of drug-likeness (QED) is 0.845. The number of aromatic nitrogens is 2. The molecule has 0 aliphatic heterocycles. The summed E-state index contributed by atoms with van der Waals surface area (Å²) in [6.45, 7) is 4.57. The standard InChI is InChI=1S/C16H22N4O2.ClH/c1-4-20-15(11(2)10-18-20)19-16(21)14(17)9-12-5-7-13(22-3)8-6-12;/h5-8,10,14H,4,9,17H2,1-3H3,(H,19,21);1H/t14-;/m0./s1. The van der Waals surface area contributed by atoms with E-state index in [9.17, 15) is 4.79 Å². The summed E-state index contributed by atoms with van der Waals surface area (Å²) in [5, 5.41) is 7.06. The van der Waals surface area contributed by atoms with E-state index in [1.165, 1.54) is 0 Å². The number of aryl methyl sites for hydroxylation is 2. The number of nitrogens with one attached hydrogen (secondary N) is 1. The van der Waals surface area contributed by atoms with E-state index in [1.807, 2.05) is 38.1 Å². The van der Waals surface area contributed by atoms with Gasteiger partial charge in [0.1, 0.15) is 11.6 Å². The van der Waals surface area contributed by atoms with Gasteiger partial charge in [-0.05, 0) is 38.0 Å². The molecule has 1 aromatic carbocycles. The van der Waals surface area contributed by atoms with Gasteiger partial charge in [-0.3, -0.25) is 4.79 Å². The van der Waals surface area contributed by atoms with E-state index >= 15 is 0 Å². The number of amides is 1. The first kappa shape index (κ1) is 19.0. The molecule has 2 aromatic rings. The number of ether oxygens (including phenoxy) is 1. The van der Waals surface area contributed by atoms with Crippen molar-refractivity contribution in [3.05, 3.63) is 41.6 Å². The zero-order valence-electron chi connectivity index (χ0n) is 13.6. The SMILES string of the molecule is CCn1ncc(C)c1NC(=O)[C@@H](N)Cc1ccc(OC)cc1.Cl. The molecule has 6 nitrogen and oxygen atoms in total. The van der Waals surface area contributed by atoms with Gasteiger partial charge in [-0.1, -0.05) is 12.1 Å². The molecule has 7 heteroatoms. The number of hydrogen-bond acceptors (Lipinski definition) is 4. The maximum Gasteiger partial charge on any atom is 0.242 e. The lowest BCUT2D eigenvalue weighted by Gasteiger charge is -2.14. The Kier molecular flexibility index (Phi) is 7.06. The Balaban J connectivity index is 0.00000264. The molecule has 1 atom stereocenters. The van der Waals surface area contributed by atoms with Crippen LogP contribution in [0.3, 0.4) is 0 Å². The number of nitrogens with zero attached hydrogens (tertiary/aromatic N) is 2. The maximum absolute atomic E-state index is 12.3. The molecule has 23 heavy (non-hydrogen) atoms. The molecule has 0 unspecified atom stereocenters. The van der Waals surface area contributed by atoms with Gasteiger partial charge in [0.2, 0.25) is 5.91 Å². The van der Waals surface area contributed by atoms with Gasteiger partial charge in [-0.2, -0.15) is 5.10 Å². The molecule has 0 aliphatic rings. The number of nitrogens with two attached hydrogens (primary N) is 1. The van der Waals surface area contributed by atoms with Gasteiger partial charge in [-0.15, -0.1) is 12.4 Å². The fraction of sp³-hybridized carbons (Fsp3) is 0.375. The summed E-state index contributed by atoms with van der Waals surface area (Å²) < 4.78 is 6.85. The Morgan fingerprint density at radius 1 is 1.39 bits per heavy atom. The van der Waals surface area contributed by atoms with Crippen molar-refractivity contribution in [1.29, 1.82) is 0 Å². The molecule has 0 saturated heterocycles. The number of halogens is 1. The molecule has 126 valence electrons. The summed E-state index contributed by atoms with van der Waals surface area (Å²) in [6.07, 6.45) is 2.20. The van der Waals surface area contributed by atoms with Gasteiger partial charge < -0.3 is 15.8 Å². The van der Waals surface area contributed by atoms with Crippen LogP contribution in [0.15, 0.2) is 30.5 Å². The summed E-state index contributed by atoms with van der Waals surface area (Å²) in [5.41, 5.74) is 7.92. The van der Waals surface area contributed by atoms with Crippen LogP contribution in [0.1, 0.15) is 18.1 Å². The van der Waals surface area contributed by atoms with Crippen LogP contribution in [0, 0.1) is 6.92 Å². The number of rotatable bonds is 6. The molecule has 1 heterocycles. The molecule has 0 aliphatic carbocycles. The average Bonchev–Trinajstić information content (AvgIpc) is 2.88. The minimum atomic E-state index is -0.618. The van der Waals surface area contributed by atoms with Crippen LogP contribution in [-0.2, 0) is 17.8 Å². The summed E-state index contributed by atoms with van der Waals surface area (Å²) in [4.78, 5) is 12.3. The van der Waals surface area contributed by atoms with E-state index in [4.69, 9.17) is 10.5 Å². The van der Waals surface area contributed by atoms with Crippen LogP contribution < -0.4 is 15.8 Å². The predicted octanol–water partition coefficient (Wildman–Crippen LogP) is 2.15. The van der Waals surface area contributed by atoms with Crippen molar-refractivity contribution < 1.29 is 9.53 Å². The third-order valence-corrected chi connectivity index (χ3v) is 3.51. The van der Waals surface area contributed by atoms with E-state index in [0.717, 1.165) is 16.9 Å². The number of benzene rings is 1. The van der Waals surface area contributed by atoms with E-state index in [-0.39, 0.29) is 18.3 Å². The lowest BCUT2D eigenvalue weighted by molar-refractivity contribution is -0.117. The van der Waals surface area contributed by atoms with Crippen LogP contribution >= 0.6 is 12.4 Å². The molecule has 3 N–H and O–H groups in total. The third kappa shape index (κ3) is 4.71. The second-order valence-electron chi connectivity index (χ2n) is 5.14. The lowest BCUT2D eigenvalue weighted by atomic mass is 10.1. The second kappa shape index (κ2) is 8.55. The van der Waals surface area contributed by atoms with Crippen molar-refractivity contribution >= 4 is 24.1 Å². The van der Waals surface area contributed by atoms with Gasteiger partial charge in [0.25, 0.3) is 0 Å². The van der Waals surface area contributed by atoms with Crippen LogP contribution in [0.25, 0.3) is 0 Å². The van der Waals surface area contributed by atoms with Crippen LogP contribution in [-0.4, -0.2) is 28.8 Å². The normalized spacial score (nSPS) is 11.5. The summed E-state index contributed by atoms with van der Waals surface area (Å²) in [7, 11) is 1.62. The fourth-order valence-corrected chi connectivity index (χ4v) is 2.20. The Labute approximate surface area is 142 Å². The van der Waals surface area contributed by atoms with E-state index in [0.29, 0.717) is 18.8 Å². The number of methoxy groups -OCH3 is 1. The number of hydrogen-bond donors (Lipinski definition) is 2. The number of carbonyl (C=O) groups is 1. The van der Waals surface area contributed by atoms with E-state index in [1.54, 1.807) is 18.0 Å². The molecule has 1 aromatic heterocycles. The van der Waals surface area contributed by atoms with Crippen LogP contribution in [0.4, 0.5) is 5.82 Å². The molecule has 0 fully saturated rings. The summed E-state index contributed by atoms with van der Waals surface area (Å²) >= 11 is 0. The predicted molar refractivity (Wildman–Crippen MR) is 93.2 cm³/mol. The highest BCUT2D eigenvalue weighted by atomic mass is 35.5. The largest absolute Gasteiger partial charge is 0.497 e. The zero-order valence-corrected chi connectivity index (χ0v) is 14.4. The Bertz CT molecular complexity index is 640. The highest BCUT2D eigenvalue weighted by Crippen LogP contribution is 2.15. The van der Waals surface area contributed by atoms with E-state index < -0.39 is 6.04 Å². The molecule has 0 spiro atoms. The topological polar surface area (TPSA) is 82.2 Å². The van der Waals surface area contributed by atoms with Gasteiger partial charge in [0.05, 0.1) is 19.3 Å². The maximum atomic E-state index is 12.3. The molecule has 1 amide bonds. The van der Waals surface area contributed by atoms with Crippen LogP contribution in [0.2, 0.25) is 0 Å².